The fraction of sp³-hybridized carbons (Fsp3) is 0.529. The highest BCUT2D eigenvalue weighted by Crippen LogP contribution is 2.26. The van der Waals surface area contributed by atoms with Crippen molar-refractivity contribution in [3.63, 3.8) is 0 Å². The van der Waals surface area contributed by atoms with Crippen LogP contribution in [0.2, 0.25) is 0 Å². The molecule has 3 atom stereocenters. The van der Waals surface area contributed by atoms with E-state index in [1.54, 1.807) is 4.68 Å². The third-order valence-corrected chi connectivity index (χ3v) is 5.57. The van der Waals surface area contributed by atoms with Gasteiger partial charge < -0.3 is 5.32 Å². The van der Waals surface area contributed by atoms with Gasteiger partial charge >= 0.3 is 0 Å². The predicted molar refractivity (Wildman–Crippen MR) is 94.0 cm³/mol. The lowest BCUT2D eigenvalue weighted by atomic mass is 9.86. The van der Waals surface area contributed by atoms with E-state index in [4.69, 9.17) is 0 Å². The fourth-order valence-corrected chi connectivity index (χ4v) is 3.84. The number of nitrogens with zero attached hydrogens (tertiary/aromatic N) is 4. The van der Waals surface area contributed by atoms with Gasteiger partial charge in [0.15, 0.2) is 0 Å². The van der Waals surface area contributed by atoms with Gasteiger partial charge in [-0.25, -0.2) is 0 Å². The number of thioether (sulfide) groups is 1. The highest BCUT2D eigenvalue weighted by molar-refractivity contribution is 8.00. The Hall–Kier alpha value is -1.89. The largest absolute Gasteiger partial charge is 0.352 e. The van der Waals surface area contributed by atoms with Crippen LogP contribution in [-0.4, -0.2) is 37.4 Å². The van der Waals surface area contributed by atoms with E-state index < -0.39 is 0 Å². The Morgan fingerprint density at radius 1 is 1.29 bits per heavy atom. The molecular weight excluding hydrogens is 322 g/mol. The summed E-state index contributed by atoms with van der Waals surface area (Å²) in [5.74, 6) is 0.607. The molecule has 24 heavy (non-hydrogen) atoms. The Morgan fingerprint density at radius 3 is 2.79 bits per heavy atom. The van der Waals surface area contributed by atoms with E-state index in [0.717, 1.165) is 12.1 Å². The predicted octanol–water partition coefficient (Wildman–Crippen LogP) is 2.84. The molecule has 1 fully saturated rings. The monoisotopic (exact) mass is 345 g/mol. The van der Waals surface area contributed by atoms with Crippen LogP contribution in [0.1, 0.15) is 39.5 Å². The molecule has 0 unspecified atom stereocenters. The number of tetrazole rings is 1. The number of hydrogen-bond donors (Lipinski definition) is 1. The van der Waals surface area contributed by atoms with Gasteiger partial charge in [-0.2, -0.15) is 4.68 Å². The number of aromatic nitrogens is 4. The quantitative estimate of drug-likeness (QED) is 0.844. The number of benzene rings is 1. The number of para-hydroxylation sites is 1. The molecule has 1 heterocycles. The highest BCUT2D eigenvalue weighted by Gasteiger charge is 2.26. The van der Waals surface area contributed by atoms with E-state index in [1.165, 1.54) is 31.0 Å². The number of carbonyl (C=O) groups is 1. The van der Waals surface area contributed by atoms with E-state index >= 15 is 0 Å². The van der Waals surface area contributed by atoms with Gasteiger partial charge in [0, 0.05) is 6.04 Å². The van der Waals surface area contributed by atoms with Gasteiger partial charge in [-0.1, -0.05) is 49.7 Å². The molecule has 1 aliphatic rings. The first-order valence-corrected chi connectivity index (χ1v) is 9.34. The maximum atomic E-state index is 12.5. The number of nitrogens with one attached hydrogen (secondary N) is 1. The zero-order valence-electron chi connectivity index (χ0n) is 14.1. The molecule has 128 valence electrons. The van der Waals surface area contributed by atoms with Crippen molar-refractivity contribution in [1.29, 1.82) is 0 Å². The smallest absolute Gasteiger partial charge is 0.233 e. The molecule has 1 N–H and O–H groups in total. The van der Waals surface area contributed by atoms with Crippen LogP contribution in [0.4, 0.5) is 0 Å². The van der Waals surface area contributed by atoms with Gasteiger partial charge in [0.25, 0.3) is 0 Å². The lowest BCUT2D eigenvalue weighted by Gasteiger charge is -2.30. The molecule has 1 saturated carbocycles. The van der Waals surface area contributed by atoms with Crippen molar-refractivity contribution in [2.75, 3.05) is 0 Å². The van der Waals surface area contributed by atoms with Gasteiger partial charge in [-0.15, -0.1) is 5.10 Å². The van der Waals surface area contributed by atoms with Crippen molar-refractivity contribution in [2.24, 2.45) is 5.92 Å². The van der Waals surface area contributed by atoms with Crippen molar-refractivity contribution < 1.29 is 4.79 Å². The Bertz CT molecular complexity index is 675. The lowest BCUT2D eigenvalue weighted by molar-refractivity contribution is -0.121. The van der Waals surface area contributed by atoms with Crippen LogP contribution in [0.25, 0.3) is 5.69 Å². The molecule has 3 rings (SSSR count). The average molecular weight is 345 g/mol. The van der Waals surface area contributed by atoms with E-state index in [1.807, 2.05) is 37.3 Å². The molecule has 6 nitrogen and oxygen atoms in total. The molecule has 0 spiro atoms. The van der Waals surface area contributed by atoms with E-state index in [2.05, 4.69) is 27.8 Å². The van der Waals surface area contributed by atoms with Crippen molar-refractivity contribution in [3.05, 3.63) is 30.3 Å². The van der Waals surface area contributed by atoms with Crippen LogP contribution in [0.5, 0.6) is 0 Å². The third-order valence-electron chi connectivity index (χ3n) is 4.53. The van der Waals surface area contributed by atoms with E-state index in [-0.39, 0.29) is 11.2 Å². The normalized spacial score (nSPS) is 22.1. The van der Waals surface area contributed by atoms with Gasteiger partial charge in [0.1, 0.15) is 0 Å². The molecule has 1 aromatic carbocycles. The summed E-state index contributed by atoms with van der Waals surface area (Å²) < 4.78 is 1.66. The number of hydrogen-bond acceptors (Lipinski definition) is 5. The van der Waals surface area contributed by atoms with Crippen LogP contribution in [0.3, 0.4) is 0 Å². The Kier molecular flexibility index (Phi) is 5.50. The molecule has 0 bridgehead atoms. The molecule has 0 saturated heterocycles. The molecule has 1 amide bonds. The first kappa shape index (κ1) is 17.0. The van der Waals surface area contributed by atoms with Gasteiger partial charge in [0.05, 0.1) is 10.9 Å². The average Bonchev–Trinajstić information content (AvgIpc) is 3.05. The van der Waals surface area contributed by atoms with E-state index in [9.17, 15) is 4.79 Å². The van der Waals surface area contributed by atoms with E-state index in [0.29, 0.717) is 17.1 Å². The summed E-state index contributed by atoms with van der Waals surface area (Å²) in [4.78, 5) is 12.5. The maximum Gasteiger partial charge on any atom is 0.233 e. The van der Waals surface area contributed by atoms with Crippen LogP contribution in [0, 0.1) is 5.92 Å². The Labute approximate surface area is 146 Å². The topological polar surface area (TPSA) is 72.7 Å². The zero-order chi connectivity index (χ0) is 16.9. The molecule has 0 aliphatic heterocycles. The Balaban J connectivity index is 1.64. The van der Waals surface area contributed by atoms with Crippen LogP contribution < -0.4 is 5.32 Å². The maximum absolute atomic E-state index is 12.5. The van der Waals surface area contributed by atoms with Gasteiger partial charge in [-0.05, 0) is 48.2 Å². The second-order valence-electron chi connectivity index (χ2n) is 6.35. The van der Waals surface area contributed by atoms with Crippen molar-refractivity contribution in [1.82, 2.24) is 25.5 Å². The summed E-state index contributed by atoms with van der Waals surface area (Å²) in [7, 11) is 0. The number of carbonyl (C=O) groups excluding carboxylic acids is 1. The van der Waals surface area contributed by atoms with Crippen LogP contribution in [-0.2, 0) is 4.79 Å². The summed E-state index contributed by atoms with van der Waals surface area (Å²) in [6, 6.07) is 9.99. The van der Waals surface area contributed by atoms with Crippen LogP contribution >= 0.6 is 11.8 Å². The molecule has 7 heteroatoms. The van der Waals surface area contributed by atoms with Crippen molar-refractivity contribution in [2.45, 2.75) is 56.0 Å². The number of rotatable bonds is 5. The number of amides is 1. The fourth-order valence-electron chi connectivity index (χ4n) is 3.03. The molecule has 0 radical (unpaired) electrons. The summed E-state index contributed by atoms with van der Waals surface area (Å²) in [6.07, 6.45) is 4.73. The Morgan fingerprint density at radius 2 is 2.04 bits per heavy atom. The second kappa shape index (κ2) is 7.79. The lowest BCUT2D eigenvalue weighted by Crippen LogP contribution is -2.44. The zero-order valence-corrected chi connectivity index (χ0v) is 14.9. The summed E-state index contributed by atoms with van der Waals surface area (Å²) >= 11 is 1.38. The minimum atomic E-state index is -0.243. The first-order valence-electron chi connectivity index (χ1n) is 8.46. The molecule has 1 aromatic heterocycles. The van der Waals surface area contributed by atoms with Gasteiger partial charge in [0.2, 0.25) is 11.1 Å². The summed E-state index contributed by atoms with van der Waals surface area (Å²) in [6.45, 7) is 4.12. The van der Waals surface area contributed by atoms with Crippen molar-refractivity contribution in [3.8, 4) is 5.69 Å². The van der Waals surface area contributed by atoms with Crippen LogP contribution in [0.15, 0.2) is 35.5 Å². The van der Waals surface area contributed by atoms with Gasteiger partial charge in [-0.3, -0.25) is 4.79 Å². The van der Waals surface area contributed by atoms with Crippen molar-refractivity contribution >= 4 is 17.7 Å². The standard InChI is InChI=1S/C17H23N5OS/c1-12-8-6-7-11-15(12)18-16(23)13(2)24-17-19-20-21-22(17)14-9-4-3-5-10-14/h3-5,9-10,12-13,15H,6-8,11H2,1-2H3,(H,18,23)/t12-,13-,15+/m1/s1. The summed E-state index contributed by atoms with van der Waals surface area (Å²) in [5, 5.41) is 15.4. The third kappa shape index (κ3) is 3.95. The molecular formula is C17H23N5OS. The minimum Gasteiger partial charge on any atom is -0.352 e. The molecule has 2 aromatic rings. The minimum absolute atomic E-state index is 0.0568. The SMILES string of the molecule is C[C@@H]1CCCC[C@@H]1NC(=O)[C@@H](C)Sc1nnnn1-c1ccccc1. The highest BCUT2D eigenvalue weighted by atomic mass is 32.2. The second-order valence-corrected chi connectivity index (χ2v) is 7.65. The summed E-state index contributed by atoms with van der Waals surface area (Å²) in [5.41, 5.74) is 0.888. The first-order chi connectivity index (χ1) is 11.6. The molecule has 1 aliphatic carbocycles.